The van der Waals surface area contributed by atoms with E-state index < -0.39 is 0 Å². The van der Waals surface area contributed by atoms with Crippen molar-refractivity contribution in [3.8, 4) is 0 Å². The van der Waals surface area contributed by atoms with Crippen molar-refractivity contribution in [1.29, 1.82) is 0 Å². The summed E-state index contributed by atoms with van der Waals surface area (Å²) in [5, 5.41) is 0. The van der Waals surface area contributed by atoms with Crippen molar-refractivity contribution >= 4 is 5.91 Å². The van der Waals surface area contributed by atoms with Crippen LogP contribution in [0.4, 0.5) is 0 Å². The lowest BCUT2D eigenvalue weighted by Crippen LogP contribution is -2.27. The molecule has 1 aliphatic rings. The van der Waals surface area contributed by atoms with Gasteiger partial charge in [-0.3, -0.25) is 9.59 Å². The number of carbonyl (C=O) groups is 1. The van der Waals surface area contributed by atoms with Crippen LogP contribution < -0.4 is 5.56 Å². The van der Waals surface area contributed by atoms with E-state index in [0.29, 0.717) is 18.8 Å². The van der Waals surface area contributed by atoms with Crippen LogP contribution in [0, 0.1) is 0 Å². The number of nitrogens with one attached hydrogen (secondary N) is 1. The van der Waals surface area contributed by atoms with E-state index in [2.05, 4.69) is 4.98 Å². The Balaban J connectivity index is 1.87. The molecule has 1 aromatic carbocycles. The molecule has 0 aliphatic carbocycles. The summed E-state index contributed by atoms with van der Waals surface area (Å²) in [5.41, 5.74) is 2.43. The SMILES string of the molecule is O=C(c1cccc(=O)[nH]1)N1Cc2ccccc2C1. The number of hydrogen-bond donors (Lipinski definition) is 1. The normalized spacial score (nSPS) is 13.4. The Morgan fingerprint density at radius 1 is 1.00 bits per heavy atom. The van der Waals surface area contributed by atoms with E-state index in [9.17, 15) is 9.59 Å². The summed E-state index contributed by atoms with van der Waals surface area (Å²) >= 11 is 0. The maximum atomic E-state index is 12.2. The van der Waals surface area contributed by atoms with Crippen molar-refractivity contribution in [1.82, 2.24) is 9.88 Å². The van der Waals surface area contributed by atoms with Gasteiger partial charge in [0.25, 0.3) is 5.91 Å². The molecule has 1 aliphatic heterocycles. The van der Waals surface area contributed by atoms with Crippen molar-refractivity contribution in [2.75, 3.05) is 0 Å². The minimum Gasteiger partial charge on any atom is -0.329 e. The van der Waals surface area contributed by atoms with Crippen LogP contribution >= 0.6 is 0 Å². The Morgan fingerprint density at radius 3 is 2.28 bits per heavy atom. The Kier molecular flexibility index (Phi) is 2.48. The van der Waals surface area contributed by atoms with Gasteiger partial charge in [0, 0.05) is 19.2 Å². The molecular formula is C14H12N2O2. The van der Waals surface area contributed by atoms with Gasteiger partial charge in [0.15, 0.2) is 0 Å². The van der Waals surface area contributed by atoms with Crippen LogP contribution in [0.15, 0.2) is 47.3 Å². The number of amides is 1. The molecule has 0 atom stereocenters. The summed E-state index contributed by atoms with van der Waals surface area (Å²) in [7, 11) is 0. The lowest BCUT2D eigenvalue weighted by molar-refractivity contribution is 0.0745. The minimum absolute atomic E-state index is 0.135. The van der Waals surface area contributed by atoms with Crippen LogP contribution in [0.3, 0.4) is 0 Å². The van der Waals surface area contributed by atoms with Gasteiger partial charge in [0.1, 0.15) is 5.69 Å². The van der Waals surface area contributed by atoms with Gasteiger partial charge in [-0.05, 0) is 17.2 Å². The van der Waals surface area contributed by atoms with Gasteiger partial charge in [-0.25, -0.2) is 0 Å². The maximum absolute atomic E-state index is 12.2. The molecule has 4 heteroatoms. The summed E-state index contributed by atoms with van der Waals surface area (Å²) in [6, 6.07) is 12.6. The van der Waals surface area contributed by atoms with Crippen LogP contribution in [0.1, 0.15) is 21.6 Å². The van der Waals surface area contributed by atoms with Gasteiger partial charge in [-0.15, -0.1) is 0 Å². The zero-order valence-corrected chi connectivity index (χ0v) is 9.72. The summed E-state index contributed by atoms with van der Waals surface area (Å²) in [6.45, 7) is 1.21. The molecule has 18 heavy (non-hydrogen) atoms. The first-order valence-electron chi connectivity index (χ1n) is 5.79. The van der Waals surface area contributed by atoms with E-state index in [4.69, 9.17) is 0 Å². The zero-order valence-electron chi connectivity index (χ0n) is 9.72. The van der Waals surface area contributed by atoms with Crippen molar-refractivity contribution in [3.05, 3.63) is 69.6 Å². The average Bonchev–Trinajstić information content (AvgIpc) is 2.81. The molecule has 1 amide bonds. The van der Waals surface area contributed by atoms with Crippen molar-refractivity contribution < 1.29 is 4.79 Å². The second-order valence-corrected chi connectivity index (χ2v) is 4.36. The predicted molar refractivity (Wildman–Crippen MR) is 67.1 cm³/mol. The number of carbonyl (C=O) groups excluding carboxylic acids is 1. The second kappa shape index (κ2) is 4.14. The molecular weight excluding hydrogens is 228 g/mol. The highest BCUT2D eigenvalue weighted by molar-refractivity contribution is 5.92. The van der Waals surface area contributed by atoms with E-state index in [1.54, 1.807) is 17.0 Å². The molecule has 3 rings (SSSR count). The molecule has 0 bridgehead atoms. The maximum Gasteiger partial charge on any atom is 0.270 e. The van der Waals surface area contributed by atoms with Crippen molar-refractivity contribution in [2.24, 2.45) is 0 Å². The first kappa shape index (κ1) is 10.8. The number of nitrogens with zero attached hydrogens (tertiary/aromatic N) is 1. The Hall–Kier alpha value is -2.36. The molecule has 0 spiro atoms. The first-order valence-corrected chi connectivity index (χ1v) is 5.79. The quantitative estimate of drug-likeness (QED) is 0.821. The lowest BCUT2D eigenvalue weighted by atomic mass is 10.1. The third kappa shape index (κ3) is 1.82. The Morgan fingerprint density at radius 2 is 1.67 bits per heavy atom. The average molecular weight is 240 g/mol. The predicted octanol–water partition coefficient (Wildman–Crippen LogP) is 1.53. The van der Waals surface area contributed by atoms with Crippen molar-refractivity contribution in [2.45, 2.75) is 13.1 Å². The molecule has 90 valence electrons. The number of rotatable bonds is 1. The number of hydrogen-bond acceptors (Lipinski definition) is 2. The largest absolute Gasteiger partial charge is 0.329 e. The van der Waals surface area contributed by atoms with Gasteiger partial charge < -0.3 is 9.88 Å². The monoisotopic (exact) mass is 240 g/mol. The van der Waals surface area contributed by atoms with Crippen LogP contribution in [0.25, 0.3) is 0 Å². The highest BCUT2D eigenvalue weighted by Crippen LogP contribution is 2.23. The smallest absolute Gasteiger partial charge is 0.270 e. The molecule has 4 nitrogen and oxygen atoms in total. The highest BCUT2D eigenvalue weighted by Gasteiger charge is 2.24. The zero-order chi connectivity index (χ0) is 12.5. The standard InChI is InChI=1S/C14H12N2O2/c17-13-7-3-6-12(15-13)14(18)16-8-10-4-1-2-5-11(10)9-16/h1-7H,8-9H2,(H,15,17). The van der Waals surface area contributed by atoms with Gasteiger partial charge in [-0.1, -0.05) is 30.3 Å². The molecule has 2 heterocycles. The third-order valence-corrected chi connectivity index (χ3v) is 3.13. The fraction of sp³-hybridized carbons (Fsp3) is 0.143. The summed E-state index contributed by atoms with van der Waals surface area (Å²) in [6.07, 6.45) is 0. The number of fused-ring (bicyclic) bond motifs is 1. The lowest BCUT2D eigenvalue weighted by Gasteiger charge is -2.14. The fourth-order valence-corrected chi connectivity index (χ4v) is 2.22. The summed E-state index contributed by atoms with van der Waals surface area (Å²) < 4.78 is 0. The van der Waals surface area contributed by atoms with Crippen LogP contribution in [0.2, 0.25) is 0 Å². The fourth-order valence-electron chi connectivity index (χ4n) is 2.22. The molecule has 0 saturated carbocycles. The Bertz CT molecular complexity index is 636. The second-order valence-electron chi connectivity index (χ2n) is 4.36. The van der Waals surface area contributed by atoms with E-state index in [1.807, 2.05) is 24.3 Å². The molecule has 1 aromatic heterocycles. The molecule has 0 saturated heterocycles. The summed E-state index contributed by atoms with van der Waals surface area (Å²) in [5.74, 6) is -0.135. The Labute approximate surface area is 104 Å². The topological polar surface area (TPSA) is 53.2 Å². The van der Waals surface area contributed by atoms with E-state index in [0.717, 1.165) is 0 Å². The van der Waals surface area contributed by atoms with Gasteiger partial charge in [0.05, 0.1) is 0 Å². The van der Waals surface area contributed by atoms with E-state index in [1.165, 1.54) is 17.2 Å². The van der Waals surface area contributed by atoms with E-state index >= 15 is 0 Å². The number of H-pyrrole nitrogens is 1. The first-order chi connectivity index (χ1) is 8.74. The molecule has 1 N–H and O–H groups in total. The molecule has 0 radical (unpaired) electrons. The highest BCUT2D eigenvalue weighted by atomic mass is 16.2. The molecule has 0 fully saturated rings. The van der Waals surface area contributed by atoms with Crippen LogP contribution in [0.5, 0.6) is 0 Å². The number of aromatic amines is 1. The third-order valence-electron chi connectivity index (χ3n) is 3.13. The van der Waals surface area contributed by atoms with Gasteiger partial charge in [0.2, 0.25) is 5.56 Å². The summed E-state index contributed by atoms with van der Waals surface area (Å²) in [4.78, 5) is 27.7. The van der Waals surface area contributed by atoms with Crippen LogP contribution in [-0.2, 0) is 13.1 Å². The van der Waals surface area contributed by atoms with Gasteiger partial charge in [-0.2, -0.15) is 0 Å². The molecule has 2 aromatic rings. The van der Waals surface area contributed by atoms with Crippen molar-refractivity contribution in [3.63, 3.8) is 0 Å². The van der Waals surface area contributed by atoms with Gasteiger partial charge >= 0.3 is 0 Å². The minimum atomic E-state index is -0.252. The number of benzene rings is 1. The van der Waals surface area contributed by atoms with E-state index in [-0.39, 0.29) is 11.5 Å². The number of aromatic nitrogens is 1. The van der Waals surface area contributed by atoms with Crippen LogP contribution in [-0.4, -0.2) is 15.8 Å². The number of pyridine rings is 1. The molecule has 0 unspecified atom stereocenters.